The molecule has 0 aliphatic heterocycles. The maximum absolute atomic E-state index is 12.1. The predicted octanol–water partition coefficient (Wildman–Crippen LogP) is 2.99. The predicted molar refractivity (Wildman–Crippen MR) is 89.1 cm³/mol. The Morgan fingerprint density at radius 2 is 1.59 bits per heavy atom. The van der Waals surface area contributed by atoms with Crippen molar-refractivity contribution in [3.8, 4) is 0 Å². The Hall–Kier alpha value is -2.05. The molecule has 2 aromatic rings. The summed E-state index contributed by atoms with van der Waals surface area (Å²) >= 11 is 5.78. The SMILES string of the molecule is CN(c1ccc(C(=O)Nc2ccc(Cl)cc2)cc1)S(C)(=O)=O. The third-order valence-corrected chi connectivity index (χ3v) is 4.55. The Morgan fingerprint density at radius 1 is 1.05 bits per heavy atom. The molecular weight excluding hydrogens is 324 g/mol. The Kier molecular flexibility index (Phi) is 4.73. The fraction of sp³-hybridized carbons (Fsp3) is 0.133. The summed E-state index contributed by atoms with van der Waals surface area (Å²) in [5.74, 6) is -0.282. The molecular formula is C15H15ClN2O3S. The summed E-state index contributed by atoms with van der Waals surface area (Å²) in [6, 6.07) is 13.1. The number of anilines is 2. The van der Waals surface area contributed by atoms with Crippen molar-refractivity contribution in [2.75, 3.05) is 22.9 Å². The highest BCUT2D eigenvalue weighted by molar-refractivity contribution is 7.92. The van der Waals surface area contributed by atoms with Crippen molar-refractivity contribution in [1.29, 1.82) is 0 Å². The van der Waals surface area contributed by atoms with E-state index in [0.29, 0.717) is 22.0 Å². The van der Waals surface area contributed by atoms with E-state index in [2.05, 4.69) is 5.32 Å². The highest BCUT2D eigenvalue weighted by atomic mass is 35.5. The number of halogens is 1. The highest BCUT2D eigenvalue weighted by Gasteiger charge is 2.13. The van der Waals surface area contributed by atoms with Crippen LogP contribution in [-0.2, 0) is 10.0 Å². The highest BCUT2D eigenvalue weighted by Crippen LogP contribution is 2.18. The molecule has 0 heterocycles. The minimum absolute atomic E-state index is 0.282. The molecule has 2 rings (SSSR count). The van der Waals surface area contributed by atoms with E-state index in [0.717, 1.165) is 10.6 Å². The number of benzene rings is 2. The average Bonchev–Trinajstić information content (AvgIpc) is 2.48. The van der Waals surface area contributed by atoms with Crippen LogP contribution < -0.4 is 9.62 Å². The molecule has 1 N–H and O–H groups in total. The molecule has 7 heteroatoms. The summed E-state index contributed by atoms with van der Waals surface area (Å²) in [7, 11) is -1.86. The van der Waals surface area contributed by atoms with E-state index < -0.39 is 10.0 Å². The van der Waals surface area contributed by atoms with Gasteiger partial charge in [0.05, 0.1) is 11.9 Å². The zero-order valence-electron chi connectivity index (χ0n) is 12.1. The maximum atomic E-state index is 12.1. The number of nitrogens with zero attached hydrogens (tertiary/aromatic N) is 1. The van der Waals surface area contributed by atoms with Crippen molar-refractivity contribution >= 4 is 38.9 Å². The molecule has 0 atom stereocenters. The molecule has 0 saturated carbocycles. The molecule has 0 fully saturated rings. The second-order valence-corrected chi connectivity index (χ2v) is 7.19. The first-order valence-electron chi connectivity index (χ1n) is 6.38. The van der Waals surface area contributed by atoms with E-state index >= 15 is 0 Å². The van der Waals surface area contributed by atoms with Gasteiger partial charge in [0.15, 0.2) is 0 Å². The van der Waals surface area contributed by atoms with E-state index in [-0.39, 0.29) is 5.91 Å². The quantitative estimate of drug-likeness (QED) is 0.932. The number of hydrogen-bond acceptors (Lipinski definition) is 3. The summed E-state index contributed by atoms with van der Waals surface area (Å²) in [5, 5.41) is 3.32. The fourth-order valence-corrected chi connectivity index (χ4v) is 2.38. The standard InChI is InChI=1S/C15H15ClN2O3S/c1-18(22(2,20)21)14-9-3-11(4-10-14)15(19)17-13-7-5-12(16)6-8-13/h3-10H,1-2H3,(H,17,19). The van der Waals surface area contributed by atoms with Gasteiger partial charge in [0.2, 0.25) is 10.0 Å². The molecule has 0 aliphatic rings. The molecule has 0 radical (unpaired) electrons. The van der Waals surface area contributed by atoms with Gasteiger partial charge in [0, 0.05) is 23.3 Å². The molecule has 2 aromatic carbocycles. The van der Waals surface area contributed by atoms with Gasteiger partial charge in [-0.15, -0.1) is 0 Å². The van der Waals surface area contributed by atoms with Gasteiger partial charge in [0.1, 0.15) is 0 Å². The maximum Gasteiger partial charge on any atom is 0.255 e. The van der Waals surface area contributed by atoms with Crippen molar-refractivity contribution in [3.63, 3.8) is 0 Å². The van der Waals surface area contributed by atoms with Crippen molar-refractivity contribution in [1.82, 2.24) is 0 Å². The molecule has 116 valence electrons. The van der Waals surface area contributed by atoms with Gasteiger partial charge in [-0.3, -0.25) is 9.10 Å². The normalized spacial score (nSPS) is 11.0. The van der Waals surface area contributed by atoms with Crippen LogP contribution in [0.25, 0.3) is 0 Å². The molecule has 1 amide bonds. The van der Waals surface area contributed by atoms with Gasteiger partial charge in [-0.05, 0) is 48.5 Å². The van der Waals surface area contributed by atoms with E-state index in [1.807, 2.05) is 0 Å². The van der Waals surface area contributed by atoms with E-state index in [1.54, 1.807) is 48.5 Å². The molecule has 22 heavy (non-hydrogen) atoms. The minimum Gasteiger partial charge on any atom is -0.322 e. The first kappa shape index (κ1) is 16.3. The average molecular weight is 339 g/mol. The third-order valence-electron chi connectivity index (χ3n) is 3.09. The summed E-state index contributed by atoms with van der Waals surface area (Å²) < 4.78 is 24.1. The second kappa shape index (κ2) is 6.37. The summed E-state index contributed by atoms with van der Waals surface area (Å²) in [6.07, 6.45) is 1.12. The topological polar surface area (TPSA) is 66.5 Å². The smallest absolute Gasteiger partial charge is 0.255 e. The first-order valence-corrected chi connectivity index (χ1v) is 8.61. The number of carbonyl (C=O) groups is 1. The Bertz CT molecular complexity index is 771. The first-order chi connectivity index (χ1) is 10.3. The largest absolute Gasteiger partial charge is 0.322 e. The van der Waals surface area contributed by atoms with Crippen LogP contribution in [0.3, 0.4) is 0 Å². The number of carbonyl (C=O) groups excluding carboxylic acids is 1. The molecule has 5 nitrogen and oxygen atoms in total. The number of rotatable bonds is 4. The van der Waals surface area contributed by atoms with Gasteiger partial charge in [-0.25, -0.2) is 8.42 Å². The summed E-state index contributed by atoms with van der Waals surface area (Å²) in [4.78, 5) is 12.1. The lowest BCUT2D eigenvalue weighted by molar-refractivity contribution is 0.102. The lowest BCUT2D eigenvalue weighted by atomic mass is 10.2. The lowest BCUT2D eigenvalue weighted by Gasteiger charge is -2.16. The zero-order valence-corrected chi connectivity index (χ0v) is 13.6. The Morgan fingerprint density at radius 3 is 2.09 bits per heavy atom. The van der Waals surface area contributed by atoms with Crippen LogP contribution in [-0.4, -0.2) is 27.6 Å². The van der Waals surface area contributed by atoms with Gasteiger partial charge in [-0.1, -0.05) is 11.6 Å². The monoisotopic (exact) mass is 338 g/mol. The van der Waals surface area contributed by atoms with Gasteiger partial charge < -0.3 is 5.32 Å². The van der Waals surface area contributed by atoms with Crippen LogP contribution in [0, 0.1) is 0 Å². The fourth-order valence-electron chi connectivity index (χ4n) is 1.75. The second-order valence-electron chi connectivity index (χ2n) is 4.74. The molecule has 0 aromatic heterocycles. The summed E-state index contributed by atoms with van der Waals surface area (Å²) in [6.45, 7) is 0. The molecule has 0 spiro atoms. The lowest BCUT2D eigenvalue weighted by Crippen LogP contribution is -2.24. The molecule has 0 saturated heterocycles. The summed E-state index contributed by atoms with van der Waals surface area (Å²) in [5.41, 5.74) is 1.55. The van der Waals surface area contributed by atoms with Crippen LogP contribution in [0.2, 0.25) is 5.02 Å². The number of nitrogens with one attached hydrogen (secondary N) is 1. The zero-order chi connectivity index (χ0) is 16.3. The van der Waals surface area contributed by atoms with E-state index in [1.165, 1.54) is 7.05 Å². The Balaban J connectivity index is 2.13. The Labute approximate surface area is 134 Å². The van der Waals surface area contributed by atoms with Gasteiger partial charge in [-0.2, -0.15) is 0 Å². The van der Waals surface area contributed by atoms with Crippen molar-refractivity contribution in [3.05, 3.63) is 59.1 Å². The van der Waals surface area contributed by atoms with Crippen molar-refractivity contribution < 1.29 is 13.2 Å². The number of hydrogen-bond donors (Lipinski definition) is 1. The van der Waals surface area contributed by atoms with Crippen LogP contribution in [0.5, 0.6) is 0 Å². The van der Waals surface area contributed by atoms with Crippen molar-refractivity contribution in [2.24, 2.45) is 0 Å². The third kappa shape index (κ3) is 3.99. The number of amides is 1. The molecule has 0 unspecified atom stereocenters. The van der Waals surface area contributed by atoms with Crippen LogP contribution in [0.1, 0.15) is 10.4 Å². The van der Waals surface area contributed by atoms with Gasteiger partial charge >= 0.3 is 0 Å². The number of sulfonamides is 1. The van der Waals surface area contributed by atoms with E-state index in [4.69, 9.17) is 11.6 Å². The minimum atomic E-state index is -3.32. The molecule has 0 aliphatic carbocycles. The van der Waals surface area contributed by atoms with E-state index in [9.17, 15) is 13.2 Å². The van der Waals surface area contributed by atoms with Crippen LogP contribution >= 0.6 is 11.6 Å². The van der Waals surface area contributed by atoms with Crippen LogP contribution in [0.4, 0.5) is 11.4 Å². The van der Waals surface area contributed by atoms with Crippen LogP contribution in [0.15, 0.2) is 48.5 Å². The van der Waals surface area contributed by atoms with Gasteiger partial charge in [0.25, 0.3) is 5.91 Å². The van der Waals surface area contributed by atoms with Crippen molar-refractivity contribution in [2.45, 2.75) is 0 Å². The molecule has 0 bridgehead atoms.